The fourth-order valence-electron chi connectivity index (χ4n) is 2.05. The van der Waals surface area contributed by atoms with Gasteiger partial charge in [0.15, 0.2) is 5.82 Å². The minimum Gasteiger partial charge on any atom is -0.508 e. The zero-order valence-corrected chi connectivity index (χ0v) is 11.4. The molecule has 2 N–H and O–H groups in total. The van der Waals surface area contributed by atoms with Crippen LogP contribution < -0.4 is 0 Å². The van der Waals surface area contributed by atoms with Crippen molar-refractivity contribution in [2.45, 2.75) is 13.3 Å². The number of rotatable bonds is 3. The van der Waals surface area contributed by atoms with Crippen LogP contribution in [0.25, 0.3) is 11.5 Å². The molecule has 0 saturated heterocycles. The second kappa shape index (κ2) is 5.28. The maximum Gasteiger partial charge on any atom is 0.261 e. The van der Waals surface area contributed by atoms with Gasteiger partial charge in [-0.1, -0.05) is 28.9 Å². The minimum atomic E-state index is 0.112. The van der Waals surface area contributed by atoms with E-state index in [1.165, 1.54) is 0 Å². The lowest BCUT2D eigenvalue weighted by Crippen LogP contribution is -1.90. The molecule has 0 atom stereocenters. The number of phenols is 2. The fraction of sp³-hybridized carbons (Fsp3) is 0.125. The summed E-state index contributed by atoms with van der Waals surface area (Å²) in [5, 5.41) is 23.0. The molecule has 1 aromatic heterocycles. The minimum absolute atomic E-state index is 0.112. The third-order valence-electron chi connectivity index (χ3n) is 3.15. The number of aromatic nitrogens is 2. The summed E-state index contributed by atoms with van der Waals surface area (Å²) < 4.78 is 5.21. The number of aromatic hydroxyl groups is 2. The molecule has 0 spiro atoms. The van der Waals surface area contributed by atoms with Crippen molar-refractivity contribution in [2.75, 3.05) is 0 Å². The van der Waals surface area contributed by atoms with Crippen molar-refractivity contribution < 1.29 is 14.7 Å². The SMILES string of the molecule is Cc1ccc(O)c(-c2nc(Cc3ccc(O)cc3)no2)c1. The molecule has 5 nitrogen and oxygen atoms in total. The summed E-state index contributed by atoms with van der Waals surface area (Å²) in [7, 11) is 0. The second-order valence-corrected chi connectivity index (χ2v) is 4.88. The van der Waals surface area contributed by atoms with Gasteiger partial charge >= 0.3 is 0 Å². The van der Waals surface area contributed by atoms with Gasteiger partial charge in [0.1, 0.15) is 11.5 Å². The van der Waals surface area contributed by atoms with Gasteiger partial charge in [-0.3, -0.25) is 0 Å². The van der Waals surface area contributed by atoms with Crippen LogP contribution in [-0.4, -0.2) is 20.4 Å². The fourth-order valence-corrected chi connectivity index (χ4v) is 2.05. The van der Waals surface area contributed by atoms with Gasteiger partial charge in [-0.25, -0.2) is 0 Å². The maximum atomic E-state index is 9.86. The molecule has 0 aliphatic heterocycles. The Morgan fingerprint density at radius 1 is 1.05 bits per heavy atom. The number of aryl methyl sites for hydroxylation is 1. The molecule has 21 heavy (non-hydrogen) atoms. The van der Waals surface area contributed by atoms with E-state index in [4.69, 9.17) is 4.52 Å². The summed E-state index contributed by atoms with van der Waals surface area (Å²) >= 11 is 0. The van der Waals surface area contributed by atoms with Crippen molar-refractivity contribution in [1.82, 2.24) is 10.1 Å². The predicted molar refractivity (Wildman–Crippen MR) is 77.0 cm³/mol. The topological polar surface area (TPSA) is 79.4 Å². The van der Waals surface area contributed by atoms with Gasteiger partial charge in [-0.2, -0.15) is 4.98 Å². The lowest BCUT2D eigenvalue weighted by Gasteiger charge is -2.00. The van der Waals surface area contributed by atoms with Gasteiger partial charge in [0.05, 0.1) is 5.56 Å². The highest BCUT2D eigenvalue weighted by Gasteiger charge is 2.13. The number of hydrogen-bond acceptors (Lipinski definition) is 5. The quantitative estimate of drug-likeness (QED) is 0.771. The Hall–Kier alpha value is -2.82. The Morgan fingerprint density at radius 3 is 2.57 bits per heavy atom. The molecule has 0 bridgehead atoms. The van der Waals surface area contributed by atoms with E-state index in [9.17, 15) is 10.2 Å². The van der Waals surface area contributed by atoms with Crippen molar-refractivity contribution >= 4 is 0 Å². The van der Waals surface area contributed by atoms with E-state index in [1.807, 2.05) is 13.0 Å². The summed E-state index contributed by atoms with van der Waals surface area (Å²) in [5.74, 6) is 1.15. The molecule has 0 fully saturated rings. The van der Waals surface area contributed by atoms with Crippen LogP contribution >= 0.6 is 0 Å². The Bertz CT molecular complexity index is 763. The molecule has 0 aliphatic rings. The normalized spacial score (nSPS) is 10.7. The maximum absolute atomic E-state index is 9.86. The van der Waals surface area contributed by atoms with Crippen LogP contribution in [0.2, 0.25) is 0 Å². The lowest BCUT2D eigenvalue weighted by atomic mass is 10.1. The van der Waals surface area contributed by atoms with Crippen molar-refractivity contribution in [1.29, 1.82) is 0 Å². The molecule has 106 valence electrons. The van der Waals surface area contributed by atoms with Crippen LogP contribution in [0.3, 0.4) is 0 Å². The van der Waals surface area contributed by atoms with E-state index in [2.05, 4.69) is 10.1 Å². The van der Waals surface area contributed by atoms with Crippen molar-refractivity contribution in [3.8, 4) is 23.0 Å². The zero-order chi connectivity index (χ0) is 14.8. The third kappa shape index (κ3) is 2.86. The average molecular weight is 282 g/mol. The number of nitrogens with zero attached hydrogens (tertiary/aromatic N) is 2. The third-order valence-corrected chi connectivity index (χ3v) is 3.15. The van der Waals surface area contributed by atoms with Crippen LogP contribution in [0.1, 0.15) is 17.0 Å². The lowest BCUT2D eigenvalue weighted by molar-refractivity contribution is 0.418. The summed E-state index contributed by atoms with van der Waals surface area (Å²) in [5.41, 5.74) is 2.49. The molecule has 0 saturated carbocycles. The van der Waals surface area contributed by atoms with E-state index < -0.39 is 0 Å². The molecule has 2 aromatic carbocycles. The Morgan fingerprint density at radius 2 is 1.81 bits per heavy atom. The van der Waals surface area contributed by atoms with Crippen LogP contribution in [0.5, 0.6) is 11.5 Å². The summed E-state index contributed by atoms with van der Waals surface area (Å²) in [4.78, 5) is 4.30. The Kier molecular flexibility index (Phi) is 3.31. The average Bonchev–Trinajstić information content (AvgIpc) is 2.92. The highest BCUT2D eigenvalue weighted by atomic mass is 16.5. The van der Waals surface area contributed by atoms with Crippen LogP contribution in [0.4, 0.5) is 0 Å². The smallest absolute Gasteiger partial charge is 0.261 e. The standard InChI is InChI=1S/C16H14N2O3/c1-10-2-7-14(20)13(8-10)16-17-15(18-21-16)9-11-3-5-12(19)6-4-11/h2-8,19-20H,9H2,1H3. The van der Waals surface area contributed by atoms with Crippen LogP contribution in [0, 0.1) is 6.92 Å². The zero-order valence-electron chi connectivity index (χ0n) is 11.4. The first-order valence-electron chi connectivity index (χ1n) is 6.52. The summed E-state index contributed by atoms with van der Waals surface area (Å²) in [6, 6.07) is 12.0. The molecule has 3 rings (SSSR count). The van der Waals surface area contributed by atoms with E-state index in [0.29, 0.717) is 23.7 Å². The highest BCUT2D eigenvalue weighted by molar-refractivity contribution is 5.63. The van der Waals surface area contributed by atoms with Gasteiger partial charge in [0.25, 0.3) is 5.89 Å². The molecule has 0 radical (unpaired) electrons. The number of hydrogen-bond donors (Lipinski definition) is 2. The van der Waals surface area contributed by atoms with Crippen LogP contribution in [0.15, 0.2) is 47.0 Å². The molecule has 0 amide bonds. The first-order chi connectivity index (χ1) is 10.1. The molecular formula is C16H14N2O3. The Balaban J connectivity index is 1.86. The van der Waals surface area contributed by atoms with Crippen molar-refractivity contribution in [2.24, 2.45) is 0 Å². The van der Waals surface area contributed by atoms with Crippen LogP contribution in [-0.2, 0) is 6.42 Å². The van der Waals surface area contributed by atoms with Gasteiger partial charge in [-0.05, 0) is 36.8 Å². The number of benzene rings is 2. The van der Waals surface area contributed by atoms with Crippen molar-refractivity contribution in [3.05, 3.63) is 59.4 Å². The molecule has 5 heteroatoms. The van der Waals surface area contributed by atoms with Crippen molar-refractivity contribution in [3.63, 3.8) is 0 Å². The van der Waals surface area contributed by atoms with E-state index in [1.54, 1.807) is 36.4 Å². The molecular weight excluding hydrogens is 268 g/mol. The van der Waals surface area contributed by atoms with Gasteiger partial charge in [-0.15, -0.1) is 0 Å². The largest absolute Gasteiger partial charge is 0.508 e. The molecule has 1 heterocycles. The molecule has 0 unspecified atom stereocenters. The monoisotopic (exact) mass is 282 g/mol. The van der Waals surface area contributed by atoms with E-state index in [0.717, 1.165) is 11.1 Å². The van der Waals surface area contributed by atoms with Gasteiger partial charge in [0, 0.05) is 6.42 Å². The molecule has 0 aliphatic carbocycles. The summed E-state index contributed by atoms with van der Waals surface area (Å²) in [6.07, 6.45) is 0.496. The number of phenolic OH excluding ortho intramolecular Hbond substituents is 2. The van der Waals surface area contributed by atoms with E-state index >= 15 is 0 Å². The summed E-state index contributed by atoms with van der Waals surface area (Å²) in [6.45, 7) is 1.93. The first-order valence-corrected chi connectivity index (χ1v) is 6.52. The van der Waals surface area contributed by atoms with Gasteiger partial charge < -0.3 is 14.7 Å². The second-order valence-electron chi connectivity index (χ2n) is 4.88. The van der Waals surface area contributed by atoms with E-state index in [-0.39, 0.29) is 11.5 Å². The highest BCUT2D eigenvalue weighted by Crippen LogP contribution is 2.28. The van der Waals surface area contributed by atoms with Gasteiger partial charge in [0.2, 0.25) is 0 Å². The molecule has 3 aromatic rings. The Labute approximate surface area is 121 Å². The predicted octanol–water partition coefficient (Wildman–Crippen LogP) is 3.05. The first kappa shape index (κ1) is 13.2.